The number of hydrogen-bond donors (Lipinski definition) is 4. The molecule has 0 unspecified atom stereocenters. The van der Waals surface area contributed by atoms with E-state index in [2.05, 4.69) is 15.0 Å². The Morgan fingerprint density at radius 1 is 0.769 bits per heavy atom. The van der Waals surface area contributed by atoms with Gasteiger partial charge in [-0.05, 0) is 0 Å². The summed E-state index contributed by atoms with van der Waals surface area (Å²) in [7, 11) is 0. The number of aromatic nitrogens is 3. The van der Waals surface area contributed by atoms with Crippen molar-refractivity contribution in [3.8, 4) is 0 Å². The maximum atomic E-state index is 7.13. The van der Waals surface area contributed by atoms with Crippen molar-refractivity contribution in [2.75, 3.05) is 17.2 Å². The van der Waals surface area contributed by atoms with Gasteiger partial charge in [-0.1, -0.05) is 0 Å². The average Bonchev–Trinajstić information content (AvgIpc) is 1.88. The Morgan fingerprint density at radius 2 is 0.923 bits per heavy atom. The fourth-order valence-electron chi connectivity index (χ4n) is 0.427. The third-order valence-electron chi connectivity index (χ3n) is 0.687. The van der Waals surface area contributed by atoms with E-state index in [-0.39, 0.29) is 56.8 Å². The topological polar surface area (TPSA) is 137 Å². The summed E-state index contributed by atoms with van der Waals surface area (Å²) >= 11 is 0.350. The third-order valence-corrected chi connectivity index (χ3v) is 0.687. The largest absolute Gasteiger partial charge is 0 e. The molecular formula is C3H8N6OSnZn2. The molecule has 0 amide bonds. The van der Waals surface area contributed by atoms with Crippen molar-refractivity contribution < 1.29 is 42.4 Å². The molecule has 7 N–H and O–H groups in total. The van der Waals surface area contributed by atoms with Crippen molar-refractivity contribution in [2.45, 2.75) is 0 Å². The monoisotopic (exact) mass is 392 g/mol. The quantitative estimate of drug-likeness (QED) is 0.355. The Hall–Kier alpha value is 0.415. The number of rotatable bonds is 0. The van der Waals surface area contributed by atoms with Gasteiger partial charge in [0.25, 0.3) is 0 Å². The predicted octanol–water partition coefficient (Wildman–Crippen LogP) is -2.59. The molecule has 1 aromatic heterocycles. The van der Waals surface area contributed by atoms with Crippen molar-refractivity contribution in [3.05, 3.63) is 0 Å². The van der Waals surface area contributed by atoms with Gasteiger partial charge < -0.3 is 17.2 Å². The smallest absolute Gasteiger partial charge is 0 e. The molecule has 64 valence electrons. The molecule has 7 nitrogen and oxygen atoms in total. The summed E-state index contributed by atoms with van der Waals surface area (Å²) in [4.78, 5) is 10.5. The minimum absolute atomic E-state index is 0. The van der Waals surface area contributed by atoms with Crippen LogP contribution in [-0.2, 0) is 39.0 Å². The third kappa shape index (κ3) is 8.74. The van der Waals surface area contributed by atoms with Gasteiger partial charge in [0.1, 0.15) is 0 Å². The summed E-state index contributed by atoms with van der Waals surface area (Å²) in [5, 5.41) is 0. The van der Waals surface area contributed by atoms with Crippen LogP contribution in [0.25, 0.3) is 0 Å². The van der Waals surface area contributed by atoms with Crippen LogP contribution in [0.15, 0.2) is 0 Å². The molecule has 0 saturated heterocycles. The zero-order valence-corrected chi connectivity index (χ0v) is 16.2. The number of nitrogen functional groups attached to an aromatic ring is 3. The van der Waals surface area contributed by atoms with Gasteiger partial charge in [0, 0.05) is 39.0 Å². The van der Waals surface area contributed by atoms with E-state index in [9.17, 15) is 0 Å². The molecule has 1 heterocycles. The second kappa shape index (κ2) is 10.5. The SMILES string of the molecule is Nc1nc(N)nc(N)n1.[OH][SnH].[Zn].[Zn]. The summed E-state index contributed by atoms with van der Waals surface area (Å²) in [6, 6.07) is 0. The molecular weight excluding hydrogens is 386 g/mol. The van der Waals surface area contributed by atoms with E-state index in [1.165, 1.54) is 0 Å². The molecule has 10 heteroatoms. The molecule has 2 radical (unpaired) electrons. The molecule has 1 rings (SSSR count). The number of nitrogens with zero attached hydrogens (tertiary/aromatic N) is 3. The zero-order valence-electron chi connectivity index (χ0n) is 7.01. The zero-order chi connectivity index (χ0) is 8.85. The first-order valence-corrected chi connectivity index (χ1v) is 3.94. The van der Waals surface area contributed by atoms with Gasteiger partial charge in [0.2, 0.25) is 17.8 Å². The van der Waals surface area contributed by atoms with Gasteiger partial charge in [0.15, 0.2) is 0 Å². The van der Waals surface area contributed by atoms with E-state index in [1.807, 2.05) is 0 Å². The van der Waals surface area contributed by atoms with Crippen LogP contribution in [0.3, 0.4) is 0 Å². The van der Waals surface area contributed by atoms with Crippen molar-refractivity contribution in [1.82, 2.24) is 15.0 Å². The Morgan fingerprint density at radius 3 is 1.08 bits per heavy atom. The second-order valence-corrected chi connectivity index (χ2v) is 1.41. The average molecular weight is 394 g/mol. The fourth-order valence-corrected chi connectivity index (χ4v) is 0.427. The van der Waals surface area contributed by atoms with Crippen molar-refractivity contribution >= 4 is 40.8 Å². The van der Waals surface area contributed by atoms with Gasteiger partial charge in [-0.25, -0.2) is 0 Å². The van der Waals surface area contributed by atoms with Crippen LogP contribution >= 0.6 is 0 Å². The minimum atomic E-state index is 0. The standard InChI is InChI=1S/C3H6N6.H2O.Sn.2Zn.H/c4-1-7-2(5)9-3(6)8-1;;;;;/h(H6,4,5,6,7,8,9);1H2;;;;/q;;+1;;;/p-1. The van der Waals surface area contributed by atoms with Crippen LogP contribution in [0.4, 0.5) is 17.8 Å². The Balaban J connectivity index is -0.000000234. The minimum Gasteiger partial charge on any atom is 0 e. The summed E-state index contributed by atoms with van der Waals surface area (Å²) in [5.74, 6) is 0.125. The molecule has 0 atom stereocenters. The Labute approximate surface area is 114 Å². The van der Waals surface area contributed by atoms with Gasteiger partial charge in [-0.2, -0.15) is 15.0 Å². The molecule has 0 spiro atoms. The number of hydrogen-bond acceptors (Lipinski definition) is 7. The Bertz CT molecular complexity index is 187. The summed E-state index contributed by atoms with van der Waals surface area (Å²) < 4.78 is 7.13. The second-order valence-electron chi connectivity index (χ2n) is 1.41. The van der Waals surface area contributed by atoms with Crippen LogP contribution in [-0.4, -0.2) is 41.3 Å². The molecule has 0 bridgehead atoms. The predicted molar refractivity (Wildman–Crippen MR) is 42.4 cm³/mol. The van der Waals surface area contributed by atoms with Crippen LogP contribution in [0, 0.1) is 0 Å². The molecule has 0 aromatic carbocycles. The summed E-state index contributed by atoms with van der Waals surface area (Å²) in [5.41, 5.74) is 15.4. The number of nitrogens with two attached hydrogens (primary N) is 3. The van der Waals surface area contributed by atoms with E-state index >= 15 is 0 Å². The van der Waals surface area contributed by atoms with Gasteiger partial charge in [0.05, 0.1) is 0 Å². The Kier molecular flexibility index (Phi) is 15.4. The van der Waals surface area contributed by atoms with E-state index in [0.29, 0.717) is 22.9 Å². The summed E-state index contributed by atoms with van der Waals surface area (Å²) in [6.45, 7) is 0. The fraction of sp³-hybridized carbons (Fsp3) is 0. The first-order chi connectivity index (χ1) is 5.18. The molecule has 0 aliphatic heterocycles. The molecule has 0 aliphatic carbocycles. The first-order valence-electron chi connectivity index (χ1n) is 2.47. The van der Waals surface area contributed by atoms with E-state index in [1.54, 1.807) is 0 Å². The molecule has 0 aliphatic rings. The van der Waals surface area contributed by atoms with E-state index < -0.39 is 0 Å². The van der Waals surface area contributed by atoms with Crippen molar-refractivity contribution in [1.29, 1.82) is 0 Å². The number of anilines is 3. The van der Waals surface area contributed by atoms with E-state index in [0.717, 1.165) is 0 Å². The van der Waals surface area contributed by atoms with E-state index in [4.69, 9.17) is 20.6 Å². The molecule has 0 saturated carbocycles. The van der Waals surface area contributed by atoms with Crippen LogP contribution < -0.4 is 17.2 Å². The van der Waals surface area contributed by atoms with Crippen molar-refractivity contribution in [3.63, 3.8) is 0 Å². The normalized spacial score (nSPS) is 6.92. The maximum absolute atomic E-state index is 7.13. The van der Waals surface area contributed by atoms with Gasteiger partial charge >= 0.3 is 26.4 Å². The van der Waals surface area contributed by atoms with Gasteiger partial charge in [-0.3, -0.25) is 0 Å². The van der Waals surface area contributed by atoms with Crippen LogP contribution in [0.1, 0.15) is 0 Å². The van der Waals surface area contributed by atoms with Gasteiger partial charge in [-0.15, -0.1) is 0 Å². The maximum Gasteiger partial charge on any atom is 0 e. The molecule has 0 fully saturated rings. The molecule has 1 aromatic rings. The van der Waals surface area contributed by atoms with Crippen LogP contribution in [0.2, 0.25) is 0 Å². The molecule has 13 heavy (non-hydrogen) atoms. The van der Waals surface area contributed by atoms with Crippen LogP contribution in [0.5, 0.6) is 0 Å². The summed E-state index contributed by atoms with van der Waals surface area (Å²) in [6.07, 6.45) is 0. The first kappa shape index (κ1) is 19.1. The van der Waals surface area contributed by atoms with Crippen molar-refractivity contribution in [2.24, 2.45) is 0 Å².